The average Bonchev–Trinajstić information content (AvgIpc) is 2.35. The fourth-order valence-electron chi connectivity index (χ4n) is 1.17. The fourth-order valence-corrected chi connectivity index (χ4v) is 1.17. The Labute approximate surface area is 63.9 Å². The van der Waals surface area contributed by atoms with E-state index in [0.717, 1.165) is 21.3 Å². The molecule has 56 valence electrons. The van der Waals surface area contributed by atoms with Gasteiger partial charge in [-0.05, 0) is 18.6 Å². The van der Waals surface area contributed by atoms with Crippen LogP contribution in [0.5, 0.6) is 0 Å². The van der Waals surface area contributed by atoms with Crippen molar-refractivity contribution in [1.82, 2.24) is 9.71 Å². The maximum atomic E-state index is 9.19. The molecule has 0 saturated heterocycles. The van der Waals surface area contributed by atoms with Gasteiger partial charge in [-0.15, -0.1) is 0 Å². The van der Waals surface area contributed by atoms with E-state index in [4.69, 9.17) is 0 Å². The molecule has 3 nitrogen and oxygen atoms in total. The van der Waals surface area contributed by atoms with Gasteiger partial charge in [-0.3, -0.25) is 0 Å². The highest BCUT2D eigenvalue weighted by Crippen LogP contribution is 2.14. The number of nitrogens with zero attached hydrogens (tertiary/aromatic N) is 2. The van der Waals surface area contributed by atoms with Crippen LogP contribution < -0.4 is 0 Å². The lowest BCUT2D eigenvalue weighted by molar-refractivity contribution is 0.198. The Morgan fingerprint density at radius 2 is 2.27 bits per heavy atom. The van der Waals surface area contributed by atoms with Crippen LogP contribution in [0.3, 0.4) is 0 Å². The Hall–Kier alpha value is -1.51. The molecule has 3 heteroatoms. The van der Waals surface area contributed by atoms with E-state index in [1.807, 2.05) is 25.1 Å². The zero-order chi connectivity index (χ0) is 7.84. The largest absolute Gasteiger partial charge is 0.427 e. The summed E-state index contributed by atoms with van der Waals surface area (Å²) in [5.41, 5.74) is 2.69. The normalized spacial score (nSPS) is 10.6. The number of rotatable bonds is 0. The van der Waals surface area contributed by atoms with E-state index >= 15 is 0 Å². The highest BCUT2D eigenvalue weighted by molar-refractivity contribution is 5.78. The van der Waals surface area contributed by atoms with E-state index in [1.54, 1.807) is 0 Å². The van der Waals surface area contributed by atoms with Gasteiger partial charge in [-0.25, -0.2) is 4.98 Å². The van der Waals surface area contributed by atoms with Crippen LogP contribution in [-0.4, -0.2) is 14.9 Å². The molecule has 1 aromatic carbocycles. The molecule has 2 rings (SSSR count). The van der Waals surface area contributed by atoms with Crippen LogP contribution in [0.15, 0.2) is 24.5 Å². The van der Waals surface area contributed by atoms with E-state index in [-0.39, 0.29) is 0 Å². The maximum absolute atomic E-state index is 9.19. The first-order valence-electron chi connectivity index (χ1n) is 3.41. The lowest BCUT2D eigenvalue weighted by Crippen LogP contribution is -1.85. The molecule has 0 fully saturated rings. The topological polar surface area (TPSA) is 38.0 Å². The summed E-state index contributed by atoms with van der Waals surface area (Å²) in [5, 5.41) is 9.19. The summed E-state index contributed by atoms with van der Waals surface area (Å²) in [6, 6.07) is 5.69. The molecule has 0 spiro atoms. The first-order valence-corrected chi connectivity index (χ1v) is 3.41. The number of aromatic nitrogens is 2. The Balaban J connectivity index is 2.94. The molecule has 2 aromatic rings. The molecule has 0 aliphatic rings. The molecular formula is C8H8N2O. The van der Waals surface area contributed by atoms with Crippen LogP contribution in [-0.2, 0) is 0 Å². The van der Waals surface area contributed by atoms with Gasteiger partial charge in [0.1, 0.15) is 11.8 Å². The smallest absolute Gasteiger partial charge is 0.133 e. The lowest BCUT2D eigenvalue weighted by Gasteiger charge is -1.93. The van der Waals surface area contributed by atoms with Crippen molar-refractivity contribution in [3.63, 3.8) is 0 Å². The SMILES string of the molecule is Cc1cccc2c1ncn2O. The van der Waals surface area contributed by atoms with Gasteiger partial charge in [-0.2, -0.15) is 4.73 Å². The number of hydrogen-bond acceptors (Lipinski definition) is 2. The van der Waals surface area contributed by atoms with E-state index in [1.165, 1.54) is 6.33 Å². The van der Waals surface area contributed by atoms with Gasteiger partial charge < -0.3 is 5.21 Å². The van der Waals surface area contributed by atoms with Gasteiger partial charge in [-0.1, -0.05) is 12.1 Å². The number of imidazole rings is 1. The monoisotopic (exact) mass is 148 g/mol. The van der Waals surface area contributed by atoms with Crippen molar-refractivity contribution in [2.75, 3.05) is 0 Å². The standard InChI is InChI=1S/C8H8N2O/c1-6-3-2-4-7-8(6)9-5-10(7)11/h2-5,11H,1H3. The third kappa shape index (κ3) is 0.774. The Bertz CT molecular complexity index is 392. The third-order valence-corrected chi connectivity index (χ3v) is 1.76. The number of aryl methyl sites for hydroxylation is 1. The fraction of sp³-hybridized carbons (Fsp3) is 0.125. The molecular weight excluding hydrogens is 140 g/mol. The van der Waals surface area contributed by atoms with Crippen LogP contribution >= 0.6 is 0 Å². The molecule has 0 atom stereocenters. The summed E-state index contributed by atoms with van der Waals surface area (Å²) in [6.07, 6.45) is 1.40. The van der Waals surface area contributed by atoms with Crippen molar-refractivity contribution < 1.29 is 5.21 Å². The molecule has 1 heterocycles. The van der Waals surface area contributed by atoms with E-state index in [2.05, 4.69) is 4.98 Å². The molecule has 0 aliphatic heterocycles. The molecule has 0 unspecified atom stereocenters. The van der Waals surface area contributed by atoms with Crippen molar-refractivity contribution in [2.45, 2.75) is 6.92 Å². The average molecular weight is 148 g/mol. The Morgan fingerprint density at radius 3 is 3.00 bits per heavy atom. The number of benzene rings is 1. The minimum Gasteiger partial charge on any atom is -0.427 e. The van der Waals surface area contributed by atoms with Crippen molar-refractivity contribution >= 4 is 11.0 Å². The summed E-state index contributed by atoms with van der Waals surface area (Å²) >= 11 is 0. The van der Waals surface area contributed by atoms with Gasteiger partial charge in [0.25, 0.3) is 0 Å². The first kappa shape index (κ1) is 6.22. The van der Waals surface area contributed by atoms with E-state index in [0.29, 0.717) is 0 Å². The summed E-state index contributed by atoms with van der Waals surface area (Å²) in [7, 11) is 0. The van der Waals surface area contributed by atoms with E-state index in [9.17, 15) is 5.21 Å². The predicted molar refractivity (Wildman–Crippen MR) is 41.7 cm³/mol. The Morgan fingerprint density at radius 1 is 1.45 bits per heavy atom. The van der Waals surface area contributed by atoms with Crippen molar-refractivity contribution in [2.24, 2.45) is 0 Å². The van der Waals surface area contributed by atoms with Gasteiger partial charge >= 0.3 is 0 Å². The van der Waals surface area contributed by atoms with Crippen LogP contribution in [0.25, 0.3) is 11.0 Å². The highest BCUT2D eigenvalue weighted by atomic mass is 16.5. The molecule has 0 aliphatic carbocycles. The van der Waals surface area contributed by atoms with Crippen LogP contribution in [0, 0.1) is 6.92 Å². The summed E-state index contributed by atoms with van der Waals surface area (Å²) in [5.74, 6) is 0. The second-order valence-electron chi connectivity index (χ2n) is 2.53. The lowest BCUT2D eigenvalue weighted by atomic mass is 10.2. The van der Waals surface area contributed by atoms with Gasteiger partial charge in [0.05, 0.1) is 5.52 Å². The number of fused-ring (bicyclic) bond motifs is 1. The zero-order valence-electron chi connectivity index (χ0n) is 6.15. The molecule has 0 bridgehead atoms. The van der Waals surface area contributed by atoms with Crippen molar-refractivity contribution in [3.8, 4) is 0 Å². The molecule has 1 N–H and O–H groups in total. The van der Waals surface area contributed by atoms with Crippen molar-refractivity contribution in [3.05, 3.63) is 30.1 Å². The second kappa shape index (κ2) is 1.99. The van der Waals surface area contributed by atoms with E-state index < -0.39 is 0 Å². The van der Waals surface area contributed by atoms with Gasteiger partial charge in [0.15, 0.2) is 0 Å². The second-order valence-corrected chi connectivity index (χ2v) is 2.53. The summed E-state index contributed by atoms with van der Waals surface area (Å²) in [4.78, 5) is 4.03. The van der Waals surface area contributed by atoms with Crippen LogP contribution in [0.4, 0.5) is 0 Å². The van der Waals surface area contributed by atoms with Gasteiger partial charge in [0, 0.05) is 0 Å². The predicted octanol–water partition coefficient (Wildman–Crippen LogP) is 1.58. The summed E-state index contributed by atoms with van der Waals surface area (Å²) in [6.45, 7) is 1.97. The maximum Gasteiger partial charge on any atom is 0.133 e. The summed E-state index contributed by atoms with van der Waals surface area (Å²) < 4.78 is 1.03. The minimum absolute atomic E-state index is 0.755. The van der Waals surface area contributed by atoms with Crippen molar-refractivity contribution in [1.29, 1.82) is 0 Å². The minimum atomic E-state index is 0.755. The van der Waals surface area contributed by atoms with Crippen LogP contribution in [0.1, 0.15) is 5.56 Å². The quantitative estimate of drug-likeness (QED) is 0.576. The molecule has 0 saturated carbocycles. The highest BCUT2D eigenvalue weighted by Gasteiger charge is 2.01. The molecule has 0 radical (unpaired) electrons. The molecule has 11 heavy (non-hydrogen) atoms. The van der Waals surface area contributed by atoms with Crippen LogP contribution in [0.2, 0.25) is 0 Å². The molecule has 0 amide bonds. The third-order valence-electron chi connectivity index (χ3n) is 1.76. The van der Waals surface area contributed by atoms with Gasteiger partial charge in [0.2, 0.25) is 0 Å². The Kier molecular flexibility index (Phi) is 1.12. The number of para-hydroxylation sites is 1. The first-order chi connectivity index (χ1) is 5.29. The zero-order valence-corrected chi connectivity index (χ0v) is 6.15. The number of hydrogen-bond donors (Lipinski definition) is 1. The molecule has 1 aromatic heterocycles.